The van der Waals surface area contributed by atoms with Crippen LogP contribution in [0.15, 0.2) is 59.8 Å². The van der Waals surface area contributed by atoms with Crippen LogP contribution in [0.1, 0.15) is 41.5 Å². The number of benzene rings is 1. The quantitative estimate of drug-likeness (QED) is 0.224. The molecule has 0 fully saturated rings. The number of aromatic nitrogens is 6. The Hall–Kier alpha value is -5.22. The van der Waals surface area contributed by atoms with Crippen molar-refractivity contribution in [1.29, 1.82) is 0 Å². The maximum atomic E-state index is 15.0. The van der Waals surface area contributed by atoms with Crippen molar-refractivity contribution in [2.24, 2.45) is 0 Å². The van der Waals surface area contributed by atoms with Gasteiger partial charge in [0.15, 0.2) is 34.5 Å². The molecular formula is C26H18F7N7O3. The summed E-state index contributed by atoms with van der Waals surface area (Å²) in [4.78, 5) is 35.2. The fraction of sp³-hybridized carbons (Fsp3) is 0.192. The lowest BCUT2D eigenvalue weighted by Crippen LogP contribution is -2.21. The maximum absolute atomic E-state index is 15.0. The van der Waals surface area contributed by atoms with Crippen LogP contribution < -0.4 is 15.7 Å². The first-order chi connectivity index (χ1) is 20.1. The number of hydrogen-bond acceptors (Lipinski definition) is 6. The number of amides is 1. The summed E-state index contributed by atoms with van der Waals surface area (Å²) in [6, 6.07) is 5.38. The van der Waals surface area contributed by atoms with Crippen molar-refractivity contribution in [1.82, 2.24) is 29.3 Å². The van der Waals surface area contributed by atoms with E-state index in [4.69, 9.17) is 4.74 Å². The van der Waals surface area contributed by atoms with Crippen LogP contribution in [0.25, 0.3) is 17.0 Å². The normalized spacial score (nSPS) is 12.2. The SMILES string of the molecule is CC(C)n1c(=O)[nH]c2nccc(Oc3ccc(NC(=O)c4cnn(-c5ccc(C(F)(F)F)cn5)c4C(F)(F)F)cc3F)c21. The van der Waals surface area contributed by atoms with Gasteiger partial charge in [-0.2, -0.15) is 31.4 Å². The van der Waals surface area contributed by atoms with Crippen LogP contribution in [-0.2, 0) is 12.4 Å². The predicted molar refractivity (Wildman–Crippen MR) is 137 cm³/mol. The number of anilines is 1. The van der Waals surface area contributed by atoms with Gasteiger partial charge < -0.3 is 10.1 Å². The zero-order chi connectivity index (χ0) is 31.3. The number of nitrogens with one attached hydrogen (secondary N) is 2. The molecule has 224 valence electrons. The van der Waals surface area contributed by atoms with E-state index in [9.17, 15) is 35.9 Å². The molecule has 0 aliphatic carbocycles. The number of rotatable bonds is 6. The summed E-state index contributed by atoms with van der Waals surface area (Å²) in [5.41, 5.74) is -4.02. The molecule has 5 rings (SSSR count). The number of hydrogen-bond donors (Lipinski definition) is 2. The Balaban J connectivity index is 1.41. The van der Waals surface area contributed by atoms with Crippen LogP contribution >= 0.6 is 0 Å². The summed E-state index contributed by atoms with van der Waals surface area (Å²) < 4.78 is 103. The van der Waals surface area contributed by atoms with Gasteiger partial charge in [-0.15, -0.1) is 0 Å². The van der Waals surface area contributed by atoms with Crippen LogP contribution in [0.2, 0.25) is 0 Å². The number of nitrogens with zero attached hydrogens (tertiary/aromatic N) is 5. The lowest BCUT2D eigenvalue weighted by Gasteiger charge is -2.14. The number of ether oxygens (including phenoxy) is 1. The van der Waals surface area contributed by atoms with E-state index in [2.05, 4.69) is 25.4 Å². The minimum Gasteiger partial charge on any atom is -0.452 e. The molecule has 0 bridgehead atoms. The van der Waals surface area contributed by atoms with Crippen molar-refractivity contribution in [3.05, 3.63) is 88.1 Å². The van der Waals surface area contributed by atoms with Crippen molar-refractivity contribution >= 4 is 22.8 Å². The molecule has 5 aromatic rings. The van der Waals surface area contributed by atoms with E-state index < -0.39 is 52.4 Å². The van der Waals surface area contributed by atoms with E-state index >= 15 is 4.39 Å². The molecular weight excluding hydrogens is 591 g/mol. The van der Waals surface area contributed by atoms with Crippen LogP contribution in [0, 0.1) is 5.82 Å². The largest absolute Gasteiger partial charge is 0.452 e. The Labute approximate surface area is 235 Å². The fourth-order valence-corrected chi connectivity index (χ4v) is 4.22. The summed E-state index contributed by atoms with van der Waals surface area (Å²) in [5, 5.41) is 5.63. The molecule has 43 heavy (non-hydrogen) atoms. The number of alkyl halides is 6. The van der Waals surface area contributed by atoms with Crippen LogP contribution in [-0.4, -0.2) is 35.2 Å². The van der Waals surface area contributed by atoms with E-state index in [0.717, 1.165) is 18.2 Å². The molecule has 0 radical (unpaired) electrons. The average Bonchev–Trinajstić information content (AvgIpc) is 3.52. The van der Waals surface area contributed by atoms with E-state index in [1.54, 1.807) is 13.8 Å². The van der Waals surface area contributed by atoms with E-state index in [1.165, 1.54) is 16.8 Å². The molecule has 17 heteroatoms. The number of carbonyl (C=O) groups excluding carboxylic acids is 1. The molecule has 4 heterocycles. The van der Waals surface area contributed by atoms with Crippen molar-refractivity contribution in [3.63, 3.8) is 0 Å². The second kappa shape index (κ2) is 10.6. The van der Waals surface area contributed by atoms with Crippen LogP contribution in [0.5, 0.6) is 11.5 Å². The van der Waals surface area contributed by atoms with Gasteiger partial charge in [0.05, 0.1) is 17.3 Å². The minimum atomic E-state index is -5.18. The Bertz CT molecular complexity index is 1890. The lowest BCUT2D eigenvalue weighted by atomic mass is 10.2. The van der Waals surface area contributed by atoms with Gasteiger partial charge in [-0.3, -0.25) is 14.3 Å². The number of aromatic amines is 1. The highest BCUT2D eigenvalue weighted by atomic mass is 19.4. The van der Waals surface area contributed by atoms with E-state index in [1.807, 2.05) is 0 Å². The maximum Gasteiger partial charge on any atom is 0.434 e. The highest BCUT2D eigenvalue weighted by molar-refractivity contribution is 6.05. The zero-order valence-corrected chi connectivity index (χ0v) is 21.9. The number of imidazole rings is 1. The van der Waals surface area contributed by atoms with Gasteiger partial charge in [-0.25, -0.2) is 23.8 Å². The topological polar surface area (TPSA) is 120 Å². The average molecular weight is 609 g/mol. The highest BCUT2D eigenvalue weighted by Crippen LogP contribution is 2.35. The summed E-state index contributed by atoms with van der Waals surface area (Å²) in [6.45, 7) is 3.49. The molecule has 0 unspecified atom stereocenters. The molecule has 0 aliphatic heterocycles. The van der Waals surface area contributed by atoms with Gasteiger partial charge in [0.1, 0.15) is 5.52 Å². The van der Waals surface area contributed by atoms with Crippen molar-refractivity contribution in [2.45, 2.75) is 32.2 Å². The fourth-order valence-electron chi connectivity index (χ4n) is 4.22. The van der Waals surface area contributed by atoms with E-state index in [0.29, 0.717) is 24.5 Å². The van der Waals surface area contributed by atoms with Gasteiger partial charge in [-0.05, 0) is 38.1 Å². The molecule has 10 nitrogen and oxygen atoms in total. The summed E-state index contributed by atoms with van der Waals surface area (Å²) in [7, 11) is 0. The monoisotopic (exact) mass is 609 g/mol. The highest BCUT2D eigenvalue weighted by Gasteiger charge is 2.41. The molecule has 4 aromatic heterocycles. The molecule has 1 aromatic carbocycles. The number of carbonyl (C=O) groups is 1. The number of pyridine rings is 2. The molecule has 0 saturated heterocycles. The molecule has 0 spiro atoms. The van der Waals surface area contributed by atoms with Crippen molar-refractivity contribution in [3.8, 4) is 17.3 Å². The minimum absolute atomic E-state index is 0.0897. The standard InChI is InChI=1S/C26H18F7N7O3/c1-12(2)39-20-18(7-8-34-22(20)38-24(39)42)43-17-5-4-14(9-16(17)27)37-23(41)15-11-36-40(21(15)26(31,32)33)19-6-3-13(10-35-19)25(28,29)30/h3-12H,1-2H3,(H,37,41)(H,34,38,42). The Morgan fingerprint density at radius 3 is 2.33 bits per heavy atom. The van der Waals surface area contributed by atoms with Crippen LogP contribution in [0.3, 0.4) is 0 Å². The Morgan fingerprint density at radius 1 is 0.977 bits per heavy atom. The van der Waals surface area contributed by atoms with Crippen molar-refractivity contribution in [2.75, 3.05) is 5.32 Å². The van der Waals surface area contributed by atoms with Gasteiger partial charge in [-0.1, -0.05) is 0 Å². The first kappa shape index (κ1) is 29.3. The number of fused-ring (bicyclic) bond motifs is 1. The molecule has 0 saturated carbocycles. The van der Waals surface area contributed by atoms with Gasteiger partial charge in [0.25, 0.3) is 5.91 Å². The zero-order valence-electron chi connectivity index (χ0n) is 21.9. The predicted octanol–water partition coefficient (Wildman–Crippen LogP) is 6.11. The summed E-state index contributed by atoms with van der Waals surface area (Å²) >= 11 is 0. The molecule has 1 amide bonds. The first-order valence-corrected chi connectivity index (χ1v) is 12.2. The lowest BCUT2D eigenvalue weighted by molar-refractivity contribution is -0.143. The number of halogens is 7. The van der Waals surface area contributed by atoms with Gasteiger partial charge >= 0.3 is 18.0 Å². The third-order valence-electron chi connectivity index (χ3n) is 6.07. The smallest absolute Gasteiger partial charge is 0.434 e. The molecule has 0 atom stereocenters. The second-order valence-corrected chi connectivity index (χ2v) is 9.32. The molecule has 0 aliphatic rings. The first-order valence-electron chi connectivity index (χ1n) is 12.2. The van der Waals surface area contributed by atoms with E-state index in [-0.39, 0.29) is 39.1 Å². The van der Waals surface area contributed by atoms with Crippen molar-refractivity contribution < 1.29 is 40.3 Å². The van der Waals surface area contributed by atoms with Gasteiger partial charge in [0, 0.05) is 36.3 Å². The number of H-pyrrole nitrogens is 1. The second-order valence-electron chi connectivity index (χ2n) is 9.32. The third-order valence-corrected chi connectivity index (χ3v) is 6.07. The summed E-state index contributed by atoms with van der Waals surface area (Å²) in [6.07, 6.45) is -7.72. The Kier molecular flexibility index (Phi) is 7.19. The Morgan fingerprint density at radius 2 is 1.72 bits per heavy atom. The van der Waals surface area contributed by atoms with Crippen LogP contribution in [0.4, 0.5) is 36.4 Å². The molecule has 2 N–H and O–H groups in total. The van der Waals surface area contributed by atoms with Gasteiger partial charge in [0.2, 0.25) is 0 Å². The summed E-state index contributed by atoms with van der Waals surface area (Å²) in [5.74, 6) is -3.19. The third kappa shape index (κ3) is 5.64.